The highest BCUT2D eigenvalue weighted by Gasteiger charge is 2.31. The summed E-state index contributed by atoms with van der Waals surface area (Å²) in [5.74, 6) is 0.139. The van der Waals surface area contributed by atoms with E-state index in [2.05, 4.69) is 10.3 Å². The fourth-order valence-corrected chi connectivity index (χ4v) is 3.58. The van der Waals surface area contributed by atoms with Crippen molar-refractivity contribution in [3.63, 3.8) is 0 Å². The normalized spacial score (nSPS) is 15.0. The molecule has 1 aliphatic heterocycles. The van der Waals surface area contributed by atoms with Gasteiger partial charge < -0.3 is 19.8 Å². The van der Waals surface area contributed by atoms with E-state index in [1.807, 2.05) is 0 Å². The van der Waals surface area contributed by atoms with Crippen molar-refractivity contribution >= 4 is 12.0 Å². The van der Waals surface area contributed by atoms with Gasteiger partial charge in [-0.2, -0.15) is 13.2 Å². The smallest absolute Gasteiger partial charge is 0.416 e. The second-order valence-electron chi connectivity index (χ2n) is 9.75. The summed E-state index contributed by atoms with van der Waals surface area (Å²) in [6.45, 7) is 10.9. The number of nitrogens with one attached hydrogen (secondary N) is 1. The first-order chi connectivity index (χ1) is 16.2. The average molecular weight is 497 g/mol. The zero-order valence-electron chi connectivity index (χ0n) is 20.7. The number of hydrogen-bond acceptors (Lipinski definition) is 6. The number of fused-ring (bicyclic) bond motifs is 1. The number of carbonyl (C=O) groups excluding carboxylic acids is 1. The summed E-state index contributed by atoms with van der Waals surface area (Å²) in [5, 5.41) is 3.09. The molecule has 2 aromatic rings. The van der Waals surface area contributed by atoms with Crippen LogP contribution in [0.2, 0.25) is 0 Å². The molecule has 0 aliphatic carbocycles. The fourth-order valence-electron chi connectivity index (χ4n) is 3.58. The number of amides is 1. The largest absolute Gasteiger partial charge is 0.444 e. The zero-order chi connectivity index (χ0) is 26.1. The number of ether oxygens (including phenoxy) is 1. The Kier molecular flexibility index (Phi) is 7.37. The van der Waals surface area contributed by atoms with Crippen molar-refractivity contribution < 1.29 is 27.5 Å². The van der Waals surface area contributed by atoms with Crippen LogP contribution < -0.4 is 15.7 Å². The van der Waals surface area contributed by atoms with Crippen LogP contribution in [-0.4, -0.2) is 39.0 Å². The lowest BCUT2D eigenvalue weighted by molar-refractivity contribution is -0.137. The monoisotopic (exact) mass is 496 g/mol. The summed E-state index contributed by atoms with van der Waals surface area (Å²) < 4.78 is 45.1. The predicted octanol–water partition coefficient (Wildman–Crippen LogP) is 4.57. The van der Waals surface area contributed by atoms with Crippen LogP contribution in [0.4, 0.5) is 23.9 Å². The number of aromatic nitrogens is 2. The van der Waals surface area contributed by atoms with E-state index in [1.165, 1.54) is 17.0 Å². The van der Waals surface area contributed by atoms with Gasteiger partial charge in [0.1, 0.15) is 11.7 Å². The van der Waals surface area contributed by atoms with Crippen molar-refractivity contribution in [1.29, 1.82) is 0 Å². The van der Waals surface area contributed by atoms with E-state index in [0.717, 1.165) is 16.9 Å². The van der Waals surface area contributed by atoms with Crippen LogP contribution in [0, 0.1) is 0 Å². The van der Waals surface area contributed by atoms with Crippen molar-refractivity contribution in [1.82, 2.24) is 14.6 Å². The number of benzene rings is 1. The number of rotatable bonds is 5. The van der Waals surface area contributed by atoms with Gasteiger partial charge in [0.05, 0.1) is 29.4 Å². The maximum absolute atomic E-state index is 13.4. The summed E-state index contributed by atoms with van der Waals surface area (Å²) >= 11 is 0. The number of anilines is 1. The highest BCUT2D eigenvalue weighted by molar-refractivity contribution is 5.68. The van der Waals surface area contributed by atoms with Crippen molar-refractivity contribution in [3.8, 4) is 0 Å². The molecule has 0 saturated heterocycles. The van der Waals surface area contributed by atoms with Crippen LogP contribution in [0.15, 0.2) is 29.1 Å². The number of nitrogens with zero attached hydrogens (tertiary/aromatic N) is 3. The summed E-state index contributed by atoms with van der Waals surface area (Å²) in [5.41, 5.74) is -0.430. The standard InChI is InChI=1S/C24H31F3N4O4/c1-14(2)35-31-20(32)18-13-30(22(33)34-23(4,5)6)12-11-19(18)29-21(31)28-15(3)16-7-9-17(10-8-16)24(25,26)27/h7-10,14-15H,11-13H2,1-6H3,(H,28,29)/t15-/m0/s1. The van der Waals surface area contributed by atoms with Gasteiger partial charge in [-0.25, -0.2) is 9.78 Å². The lowest BCUT2D eigenvalue weighted by Gasteiger charge is -2.31. The number of carbonyl (C=O) groups is 1. The van der Waals surface area contributed by atoms with Crippen molar-refractivity contribution in [2.45, 2.75) is 78.4 Å². The third kappa shape index (κ3) is 6.46. The Labute approximate surface area is 202 Å². The summed E-state index contributed by atoms with van der Waals surface area (Å²) in [6.07, 6.45) is -4.96. The van der Waals surface area contributed by atoms with Crippen LogP contribution in [0.5, 0.6) is 0 Å². The molecule has 1 aromatic heterocycles. The van der Waals surface area contributed by atoms with Gasteiger partial charge in [-0.3, -0.25) is 4.79 Å². The molecular formula is C24H31F3N4O4. The quantitative estimate of drug-likeness (QED) is 0.653. The lowest BCUT2D eigenvalue weighted by atomic mass is 10.1. The molecule has 0 spiro atoms. The Hall–Kier alpha value is -3.24. The molecule has 0 unspecified atom stereocenters. The molecule has 0 bridgehead atoms. The van der Waals surface area contributed by atoms with E-state index in [1.54, 1.807) is 41.5 Å². The lowest BCUT2D eigenvalue weighted by Crippen LogP contribution is -2.45. The van der Waals surface area contributed by atoms with Gasteiger partial charge in [-0.05, 0) is 59.2 Å². The minimum absolute atomic E-state index is 0.0340. The molecule has 192 valence electrons. The molecule has 2 heterocycles. The second-order valence-corrected chi connectivity index (χ2v) is 9.75. The van der Waals surface area contributed by atoms with Gasteiger partial charge in [-0.1, -0.05) is 12.1 Å². The summed E-state index contributed by atoms with van der Waals surface area (Å²) in [4.78, 5) is 37.6. The van der Waals surface area contributed by atoms with Gasteiger partial charge >= 0.3 is 12.3 Å². The maximum Gasteiger partial charge on any atom is 0.416 e. The summed E-state index contributed by atoms with van der Waals surface area (Å²) in [7, 11) is 0. The molecule has 8 nitrogen and oxygen atoms in total. The molecule has 0 saturated carbocycles. The first-order valence-electron chi connectivity index (χ1n) is 11.4. The molecule has 1 amide bonds. The minimum atomic E-state index is -4.42. The molecule has 0 fully saturated rings. The van der Waals surface area contributed by atoms with E-state index in [-0.39, 0.29) is 18.6 Å². The van der Waals surface area contributed by atoms with Crippen LogP contribution in [0.1, 0.15) is 70.0 Å². The number of halogens is 3. The first kappa shape index (κ1) is 26.4. The Morgan fingerprint density at radius 2 is 1.74 bits per heavy atom. The van der Waals surface area contributed by atoms with Crippen LogP contribution >= 0.6 is 0 Å². The Morgan fingerprint density at radius 3 is 2.29 bits per heavy atom. The van der Waals surface area contributed by atoms with Crippen molar-refractivity contribution in [2.75, 3.05) is 11.9 Å². The summed E-state index contributed by atoms with van der Waals surface area (Å²) in [6, 6.07) is 4.31. The Balaban J connectivity index is 1.90. The minimum Gasteiger partial charge on any atom is -0.444 e. The molecule has 1 aromatic carbocycles. The SMILES string of the molecule is CC(C)On1c(N[C@@H](C)c2ccc(C(F)(F)F)cc2)nc2c(c1=O)CN(C(=O)OC(C)(C)C)CC2. The third-order valence-electron chi connectivity index (χ3n) is 5.24. The van der Waals surface area contributed by atoms with E-state index in [4.69, 9.17) is 9.57 Å². The van der Waals surface area contributed by atoms with Gasteiger partial charge in [-0.15, -0.1) is 4.73 Å². The average Bonchev–Trinajstić information content (AvgIpc) is 2.74. The fraction of sp³-hybridized carbons (Fsp3) is 0.542. The van der Waals surface area contributed by atoms with Crippen molar-refractivity contribution in [3.05, 3.63) is 57.0 Å². The van der Waals surface area contributed by atoms with Gasteiger partial charge in [0.2, 0.25) is 5.95 Å². The van der Waals surface area contributed by atoms with E-state index < -0.39 is 35.0 Å². The highest BCUT2D eigenvalue weighted by atomic mass is 19.4. The molecule has 11 heteroatoms. The van der Waals surface area contributed by atoms with Gasteiger partial charge in [0.15, 0.2) is 0 Å². The molecule has 0 radical (unpaired) electrons. The number of alkyl halides is 3. The van der Waals surface area contributed by atoms with Crippen LogP contribution in [-0.2, 0) is 23.9 Å². The van der Waals surface area contributed by atoms with Crippen molar-refractivity contribution in [2.24, 2.45) is 0 Å². The maximum atomic E-state index is 13.4. The zero-order valence-corrected chi connectivity index (χ0v) is 20.7. The topological polar surface area (TPSA) is 85.7 Å². The number of hydrogen-bond donors (Lipinski definition) is 1. The third-order valence-corrected chi connectivity index (χ3v) is 5.24. The van der Waals surface area contributed by atoms with E-state index in [9.17, 15) is 22.8 Å². The highest BCUT2D eigenvalue weighted by Crippen LogP contribution is 2.30. The molecule has 1 N–H and O–H groups in total. The van der Waals surface area contributed by atoms with Gasteiger partial charge in [0.25, 0.3) is 5.56 Å². The molecule has 1 aliphatic rings. The second kappa shape index (κ2) is 9.79. The first-order valence-corrected chi connectivity index (χ1v) is 11.4. The molecular weight excluding hydrogens is 465 g/mol. The van der Waals surface area contributed by atoms with E-state index in [0.29, 0.717) is 29.8 Å². The van der Waals surface area contributed by atoms with Crippen LogP contribution in [0.25, 0.3) is 0 Å². The van der Waals surface area contributed by atoms with Crippen LogP contribution in [0.3, 0.4) is 0 Å². The predicted molar refractivity (Wildman–Crippen MR) is 124 cm³/mol. The Morgan fingerprint density at radius 1 is 1.11 bits per heavy atom. The molecule has 1 atom stereocenters. The van der Waals surface area contributed by atoms with E-state index >= 15 is 0 Å². The van der Waals surface area contributed by atoms with Gasteiger partial charge in [0, 0.05) is 13.0 Å². The molecule has 35 heavy (non-hydrogen) atoms. The Bertz CT molecular complexity index is 1120. The molecule has 3 rings (SSSR count).